The first kappa shape index (κ1) is 19.4. The number of halogens is 1. The number of hydrogen-bond donors (Lipinski definition) is 1. The summed E-state index contributed by atoms with van der Waals surface area (Å²) in [5.41, 5.74) is 6.16. The largest absolute Gasteiger partial charge is 0.361 e. The van der Waals surface area contributed by atoms with Crippen molar-refractivity contribution in [2.75, 3.05) is 31.1 Å². The zero-order valence-corrected chi connectivity index (χ0v) is 17.8. The van der Waals surface area contributed by atoms with Gasteiger partial charge in [0, 0.05) is 59.4 Å². The van der Waals surface area contributed by atoms with E-state index < -0.39 is 0 Å². The molecule has 0 saturated heterocycles. The highest BCUT2D eigenvalue weighted by atomic mass is 35.5. The Bertz CT molecular complexity index is 1120. The Labute approximate surface area is 182 Å². The third-order valence-electron chi connectivity index (χ3n) is 6.34. The molecular formula is C25H26ClN3O. The predicted molar refractivity (Wildman–Crippen MR) is 124 cm³/mol. The first-order valence-corrected chi connectivity index (χ1v) is 11.1. The number of amides is 1. The first-order chi connectivity index (χ1) is 14.7. The SMILES string of the molecule is O=C(CCCN1CC=C(c2c[nH]c3cc(Cl)ccc23)CC1)N1CCc2ccccc21. The second-order valence-corrected chi connectivity index (χ2v) is 8.64. The van der Waals surface area contributed by atoms with E-state index in [4.69, 9.17) is 11.6 Å². The van der Waals surface area contributed by atoms with E-state index in [-0.39, 0.29) is 5.91 Å². The number of nitrogens with one attached hydrogen (secondary N) is 1. The lowest BCUT2D eigenvalue weighted by Gasteiger charge is -2.26. The molecule has 5 rings (SSSR count). The van der Waals surface area contributed by atoms with Crippen molar-refractivity contribution in [2.24, 2.45) is 0 Å². The van der Waals surface area contributed by atoms with Gasteiger partial charge in [0.1, 0.15) is 0 Å². The number of hydrogen-bond acceptors (Lipinski definition) is 2. The van der Waals surface area contributed by atoms with Gasteiger partial charge in [-0.05, 0) is 55.1 Å². The summed E-state index contributed by atoms with van der Waals surface area (Å²) >= 11 is 6.10. The van der Waals surface area contributed by atoms with E-state index in [0.717, 1.165) is 61.7 Å². The highest BCUT2D eigenvalue weighted by Crippen LogP contribution is 2.31. The summed E-state index contributed by atoms with van der Waals surface area (Å²) in [7, 11) is 0. The molecule has 0 radical (unpaired) electrons. The molecule has 2 aliphatic heterocycles. The Kier molecular flexibility index (Phi) is 5.36. The van der Waals surface area contributed by atoms with Crippen molar-refractivity contribution in [3.63, 3.8) is 0 Å². The van der Waals surface area contributed by atoms with Gasteiger partial charge in [0.05, 0.1) is 0 Å². The maximum atomic E-state index is 12.7. The molecule has 2 aromatic carbocycles. The Morgan fingerprint density at radius 3 is 2.87 bits per heavy atom. The Balaban J connectivity index is 1.15. The van der Waals surface area contributed by atoms with Crippen LogP contribution in [0.3, 0.4) is 0 Å². The van der Waals surface area contributed by atoms with Crippen LogP contribution in [0, 0.1) is 0 Å². The fourth-order valence-corrected chi connectivity index (χ4v) is 4.88. The molecule has 2 aliphatic rings. The summed E-state index contributed by atoms with van der Waals surface area (Å²) < 4.78 is 0. The summed E-state index contributed by atoms with van der Waals surface area (Å²) in [6.07, 6.45) is 7.95. The van der Waals surface area contributed by atoms with Gasteiger partial charge < -0.3 is 9.88 Å². The van der Waals surface area contributed by atoms with Crippen LogP contribution in [0.25, 0.3) is 16.5 Å². The summed E-state index contributed by atoms with van der Waals surface area (Å²) in [6, 6.07) is 14.3. The van der Waals surface area contributed by atoms with E-state index in [2.05, 4.69) is 46.4 Å². The number of nitrogens with zero attached hydrogens (tertiary/aromatic N) is 2. The van der Waals surface area contributed by atoms with Gasteiger partial charge in [-0.3, -0.25) is 9.69 Å². The average Bonchev–Trinajstić information content (AvgIpc) is 3.38. The molecule has 0 bridgehead atoms. The second kappa shape index (κ2) is 8.29. The molecule has 0 unspecified atom stereocenters. The number of carbonyl (C=O) groups is 1. The second-order valence-electron chi connectivity index (χ2n) is 8.20. The summed E-state index contributed by atoms with van der Waals surface area (Å²) in [6.45, 7) is 3.77. The minimum Gasteiger partial charge on any atom is -0.361 e. The van der Waals surface area contributed by atoms with Gasteiger partial charge in [0.2, 0.25) is 5.91 Å². The molecule has 0 atom stereocenters. The van der Waals surface area contributed by atoms with Crippen molar-refractivity contribution in [1.82, 2.24) is 9.88 Å². The zero-order chi connectivity index (χ0) is 20.5. The molecule has 3 aromatic rings. The maximum Gasteiger partial charge on any atom is 0.227 e. The third kappa shape index (κ3) is 3.78. The van der Waals surface area contributed by atoms with Crippen LogP contribution in [0.4, 0.5) is 5.69 Å². The third-order valence-corrected chi connectivity index (χ3v) is 6.57. The molecule has 0 saturated carbocycles. The molecule has 154 valence electrons. The molecule has 4 nitrogen and oxygen atoms in total. The van der Waals surface area contributed by atoms with E-state index in [1.54, 1.807) is 0 Å². The van der Waals surface area contributed by atoms with E-state index in [1.165, 1.54) is 22.1 Å². The number of aromatic nitrogens is 1. The molecule has 0 spiro atoms. The molecule has 0 fully saturated rings. The highest BCUT2D eigenvalue weighted by molar-refractivity contribution is 6.31. The Morgan fingerprint density at radius 1 is 1.10 bits per heavy atom. The fourth-order valence-electron chi connectivity index (χ4n) is 4.71. The van der Waals surface area contributed by atoms with E-state index in [9.17, 15) is 4.79 Å². The molecule has 1 aromatic heterocycles. The smallest absolute Gasteiger partial charge is 0.227 e. The number of rotatable bonds is 5. The average molecular weight is 420 g/mol. The summed E-state index contributed by atoms with van der Waals surface area (Å²) in [4.78, 5) is 20.4. The number of anilines is 1. The van der Waals surface area contributed by atoms with Gasteiger partial charge in [-0.15, -0.1) is 0 Å². The van der Waals surface area contributed by atoms with E-state index in [1.807, 2.05) is 23.1 Å². The Hall–Kier alpha value is -2.56. The molecule has 1 amide bonds. The quantitative estimate of drug-likeness (QED) is 0.611. The van der Waals surface area contributed by atoms with Gasteiger partial charge in [-0.1, -0.05) is 41.9 Å². The van der Waals surface area contributed by atoms with Crippen LogP contribution < -0.4 is 4.90 Å². The first-order valence-electron chi connectivity index (χ1n) is 10.8. The maximum absolute atomic E-state index is 12.7. The van der Waals surface area contributed by atoms with Crippen molar-refractivity contribution in [3.8, 4) is 0 Å². The van der Waals surface area contributed by atoms with Crippen molar-refractivity contribution >= 4 is 39.7 Å². The monoisotopic (exact) mass is 419 g/mol. The lowest BCUT2D eigenvalue weighted by atomic mass is 9.99. The predicted octanol–water partition coefficient (Wildman–Crippen LogP) is 5.28. The molecule has 30 heavy (non-hydrogen) atoms. The van der Waals surface area contributed by atoms with Crippen molar-refractivity contribution in [1.29, 1.82) is 0 Å². The van der Waals surface area contributed by atoms with Crippen LogP contribution in [0.1, 0.15) is 30.4 Å². The summed E-state index contributed by atoms with van der Waals surface area (Å²) in [5, 5.41) is 1.99. The Morgan fingerprint density at radius 2 is 2.00 bits per heavy atom. The molecule has 0 aliphatic carbocycles. The summed E-state index contributed by atoms with van der Waals surface area (Å²) in [5.74, 6) is 0.255. The van der Waals surface area contributed by atoms with Crippen molar-refractivity contribution in [3.05, 3.63) is 70.9 Å². The number of fused-ring (bicyclic) bond motifs is 2. The van der Waals surface area contributed by atoms with Gasteiger partial charge in [0.15, 0.2) is 0 Å². The topological polar surface area (TPSA) is 39.3 Å². The van der Waals surface area contributed by atoms with Crippen molar-refractivity contribution in [2.45, 2.75) is 25.7 Å². The number of carbonyl (C=O) groups excluding carboxylic acids is 1. The number of benzene rings is 2. The molecule has 1 N–H and O–H groups in total. The zero-order valence-electron chi connectivity index (χ0n) is 17.0. The van der Waals surface area contributed by atoms with Crippen LogP contribution in [-0.2, 0) is 11.2 Å². The van der Waals surface area contributed by atoms with Crippen LogP contribution in [0.2, 0.25) is 5.02 Å². The van der Waals surface area contributed by atoms with Crippen LogP contribution >= 0.6 is 11.6 Å². The lowest BCUT2D eigenvalue weighted by molar-refractivity contribution is -0.118. The normalized spacial score (nSPS) is 16.7. The minimum absolute atomic E-state index is 0.255. The fraction of sp³-hybridized carbons (Fsp3) is 0.320. The number of aromatic amines is 1. The van der Waals surface area contributed by atoms with E-state index >= 15 is 0 Å². The lowest BCUT2D eigenvalue weighted by Crippen LogP contribution is -2.32. The van der Waals surface area contributed by atoms with E-state index in [0.29, 0.717) is 6.42 Å². The van der Waals surface area contributed by atoms with Gasteiger partial charge in [0.25, 0.3) is 0 Å². The van der Waals surface area contributed by atoms with Gasteiger partial charge in [-0.2, -0.15) is 0 Å². The van der Waals surface area contributed by atoms with Gasteiger partial charge in [-0.25, -0.2) is 0 Å². The molecular weight excluding hydrogens is 394 g/mol. The van der Waals surface area contributed by atoms with Gasteiger partial charge >= 0.3 is 0 Å². The van der Waals surface area contributed by atoms with Crippen molar-refractivity contribution < 1.29 is 4.79 Å². The van der Waals surface area contributed by atoms with Crippen LogP contribution in [-0.4, -0.2) is 42.0 Å². The van der Waals surface area contributed by atoms with Crippen LogP contribution in [0.5, 0.6) is 0 Å². The highest BCUT2D eigenvalue weighted by Gasteiger charge is 2.24. The number of H-pyrrole nitrogens is 1. The standard InChI is InChI=1S/C25H26ClN3O/c26-20-7-8-21-22(17-27-23(21)16-20)18-9-13-28(14-10-18)12-3-6-25(30)29-15-11-19-4-1-2-5-24(19)29/h1-2,4-5,7-9,16-17,27H,3,6,10-15H2. The molecule has 5 heteroatoms. The van der Waals surface area contributed by atoms with Crippen LogP contribution in [0.15, 0.2) is 54.7 Å². The molecule has 3 heterocycles. The minimum atomic E-state index is 0.255. The number of para-hydroxylation sites is 1.